The van der Waals surface area contributed by atoms with Crippen LogP contribution in [0.2, 0.25) is 0 Å². The summed E-state index contributed by atoms with van der Waals surface area (Å²) in [6.45, 7) is 1.69. The van der Waals surface area contributed by atoms with Gasteiger partial charge < -0.3 is 14.2 Å². The van der Waals surface area contributed by atoms with Crippen molar-refractivity contribution in [2.24, 2.45) is 0 Å². The predicted molar refractivity (Wildman–Crippen MR) is 68.5 cm³/mol. The van der Waals surface area contributed by atoms with Crippen molar-refractivity contribution in [3.8, 4) is 11.5 Å². The average Bonchev–Trinajstić information content (AvgIpc) is 2.36. The van der Waals surface area contributed by atoms with Gasteiger partial charge in [0.05, 0.1) is 20.8 Å². The van der Waals surface area contributed by atoms with Gasteiger partial charge in [-0.3, -0.25) is 0 Å². The van der Waals surface area contributed by atoms with Crippen LogP contribution < -0.4 is 9.47 Å². The van der Waals surface area contributed by atoms with Crippen molar-refractivity contribution < 1.29 is 27.4 Å². The van der Waals surface area contributed by atoms with Crippen molar-refractivity contribution in [3.05, 3.63) is 17.7 Å². The minimum absolute atomic E-state index is 0.0111. The minimum atomic E-state index is -4.15. The Morgan fingerprint density at radius 2 is 1.89 bits per heavy atom. The Kier molecular flexibility index (Phi) is 5.02. The third kappa shape index (κ3) is 3.51. The van der Waals surface area contributed by atoms with Gasteiger partial charge in [0.15, 0.2) is 0 Å². The van der Waals surface area contributed by atoms with Crippen LogP contribution in [0.1, 0.15) is 17.3 Å². The standard InChI is InChI=1S/C11H13ClO6S/c1-4-18-11(13)10-8(17-3)5-7(16-2)6-9(10)19(12,14)15/h5-6H,4H2,1-3H3. The minimum Gasteiger partial charge on any atom is -0.497 e. The molecule has 1 aromatic carbocycles. The van der Waals surface area contributed by atoms with Crippen LogP contribution >= 0.6 is 10.7 Å². The summed E-state index contributed by atoms with van der Waals surface area (Å²) < 4.78 is 37.8. The number of ether oxygens (including phenoxy) is 3. The fraction of sp³-hybridized carbons (Fsp3) is 0.364. The molecule has 0 spiro atoms. The smallest absolute Gasteiger partial charge is 0.343 e. The molecule has 1 aromatic rings. The van der Waals surface area contributed by atoms with Crippen LogP contribution in [0.5, 0.6) is 11.5 Å². The number of hydrogen-bond acceptors (Lipinski definition) is 6. The highest BCUT2D eigenvalue weighted by atomic mass is 35.7. The summed E-state index contributed by atoms with van der Waals surface area (Å²) >= 11 is 0. The Labute approximate surface area is 115 Å². The number of rotatable bonds is 5. The first kappa shape index (κ1) is 15.6. The molecule has 0 saturated carbocycles. The zero-order valence-corrected chi connectivity index (χ0v) is 12.2. The number of hydrogen-bond donors (Lipinski definition) is 0. The van der Waals surface area contributed by atoms with Crippen molar-refractivity contribution in [3.63, 3.8) is 0 Å². The summed E-state index contributed by atoms with van der Waals surface area (Å²) in [6.07, 6.45) is 0. The lowest BCUT2D eigenvalue weighted by atomic mass is 10.2. The summed E-state index contributed by atoms with van der Waals surface area (Å²) in [4.78, 5) is 11.4. The van der Waals surface area contributed by atoms with Gasteiger partial charge in [-0.1, -0.05) is 0 Å². The van der Waals surface area contributed by atoms with Crippen molar-refractivity contribution in [1.29, 1.82) is 0 Å². The van der Waals surface area contributed by atoms with Gasteiger partial charge in [-0.25, -0.2) is 13.2 Å². The lowest BCUT2D eigenvalue weighted by molar-refractivity contribution is 0.0518. The molecule has 6 nitrogen and oxygen atoms in total. The molecule has 0 bridgehead atoms. The van der Waals surface area contributed by atoms with E-state index in [2.05, 4.69) is 0 Å². The van der Waals surface area contributed by atoms with E-state index in [1.54, 1.807) is 6.92 Å². The highest BCUT2D eigenvalue weighted by Crippen LogP contribution is 2.33. The third-order valence-electron chi connectivity index (χ3n) is 2.24. The molecule has 0 fully saturated rings. The Hall–Kier alpha value is -1.47. The van der Waals surface area contributed by atoms with Crippen LogP contribution in [-0.4, -0.2) is 35.2 Å². The average molecular weight is 309 g/mol. The van der Waals surface area contributed by atoms with Crippen molar-refractivity contribution >= 4 is 25.7 Å². The Bertz CT molecular complexity index is 581. The predicted octanol–water partition coefficient (Wildman–Crippen LogP) is 1.81. The number of carbonyl (C=O) groups excluding carboxylic acids is 1. The van der Waals surface area contributed by atoms with E-state index >= 15 is 0 Å². The van der Waals surface area contributed by atoms with E-state index in [1.165, 1.54) is 20.3 Å². The largest absolute Gasteiger partial charge is 0.497 e. The molecule has 1 rings (SSSR count). The van der Waals surface area contributed by atoms with Crippen LogP contribution in [0.25, 0.3) is 0 Å². The molecule has 0 radical (unpaired) electrons. The third-order valence-corrected chi connectivity index (χ3v) is 3.58. The van der Waals surface area contributed by atoms with Gasteiger partial charge in [-0.2, -0.15) is 0 Å². The summed E-state index contributed by atoms with van der Waals surface area (Å²) in [5.41, 5.74) is -0.250. The lowest BCUT2D eigenvalue weighted by Gasteiger charge is -2.13. The van der Waals surface area contributed by atoms with Gasteiger partial charge >= 0.3 is 5.97 Å². The number of esters is 1. The lowest BCUT2D eigenvalue weighted by Crippen LogP contribution is -2.12. The second kappa shape index (κ2) is 6.12. The monoisotopic (exact) mass is 308 g/mol. The molecule has 0 unspecified atom stereocenters. The summed E-state index contributed by atoms with van der Waals surface area (Å²) in [7, 11) is 3.81. The number of benzene rings is 1. The van der Waals surface area contributed by atoms with E-state index in [0.29, 0.717) is 0 Å². The molecule has 0 aliphatic heterocycles. The Morgan fingerprint density at radius 3 is 2.32 bits per heavy atom. The number of carbonyl (C=O) groups is 1. The maximum Gasteiger partial charge on any atom is 0.343 e. The first-order chi connectivity index (χ1) is 8.85. The molecule has 0 amide bonds. The fourth-order valence-corrected chi connectivity index (χ4v) is 2.49. The molecule has 0 saturated heterocycles. The van der Waals surface area contributed by atoms with Gasteiger partial charge in [0, 0.05) is 22.8 Å². The quantitative estimate of drug-likeness (QED) is 0.609. The number of halogens is 1. The Morgan fingerprint density at radius 1 is 1.26 bits per heavy atom. The molecule has 0 aliphatic carbocycles. The van der Waals surface area contributed by atoms with E-state index in [1.807, 2.05) is 0 Å². The summed E-state index contributed by atoms with van der Waals surface area (Å²) in [5.74, 6) is -0.623. The molecule has 0 N–H and O–H groups in total. The van der Waals surface area contributed by atoms with E-state index in [9.17, 15) is 13.2 Å². The van der Waals surface area contributed by atoms with Crippen molar-refractivity contribution in [2.45, 2.75) is 11.8 Å². The van der Waals surface area contributed by atoms with Gasteiger partial charge in [-0.05, 0) is 6.92 Å². The maximum atomic E-state index is 11.8. The molecule has 8 heteroatoms. The number of methoxy groups -OCH3 is 2. The topological polar surface area (TPSA) is 78.9 Å². The SMILES string of the molecule is CCOC(=O)c1c(OC)cc(OC)cc1S(=O)(=O)Cl. The van der Waals surface area contributed by atoms with Gasteiger partial charge in [0.1, 0.15) is 22.0 Å². The molecule has 0 heterocycles. The zero-order chi connectivity index (χ0) is 14.6. The first-order valence-corrected chi connectivity index (χ1v) is 7.53. The van der Waals surface area contributed by atoms with E-state index in [4.69, 9.17) is 24.9 Å². The van der Waals surface area contributed by atoms with Crippen LogP contribution in [-0.2, 0) is 13.8 Å². The molecule has 0 aromatic heterocycles. The molecule has 0 aliphatic rings. The molecular weight excluding hydrogens is 296 g/mol. The molecular formula is C11H13ClO6S. The molecule has 19 heavy (non-hydrogen) atoms. The molecule has 106 valence electrons. The highest BCUT2D eigenvalue weighted by molar-refractivity contribution is 8.13. The zero-order valence-electron chi connectivity index (χ0n) is 10.6. The Balaban J connectivity index is 3.60. The van der Waals surface area contributed by atoms with Crippen molar-refractivity contribution in [1.82, 2.24) is 0 Å². The highest BCUT2D eigenvalue weighted by Gasteiger charge is 2.27. The van der Waals surface area contributed by atoms with Crippen LogP contribution in [0.15, 0.2) is 17.0 Å². The van der Waals surface area contributed by atoms with E-state index in [0.717, 1.165) is 6.07 Å². The second-order valence-electron chi connectivity index (χ2n) is 3.36. The van der Waals surface area contributed by atoms with Crippen LogP contribution in [0.4, 0.5) is 0 Å². The first-order valence-electron chi connectivity index (χ1n) is 5.23. The summed E-state index contributed by atoms with van der Waals surface area (Å²) in [6, 6.07) is 2.51. The fourth-order valence-electron chi connectivity index (χ4n) is 1.44. The normalized spacial score (nSPS) is 10.9. The van der Waals surface area contributed by atoms with Crippen LogP contribution in [0.3, 0.4) is 0 Å². The van der Waals surface area contributed by atoms with E-state index in [-0.39, 0.29) is 23.7 Å². The molecule has 0 atom stereocenters. The van der Waals surface area contributed by atoms with Gasteiger partial charge in [0.2, 0.25) is 0 Å². The van der Waals surface area contributed by atoms with Crippen LogP contribution in [0, 0.1) is 0 Å². The van der Waals surface area contributed by atoms with E-state index < -0.39 is 19.9 Å². The van der Waals surface area contributed by atoms with Gasteiger partial charge in [-0.15, -0.1) is 0 Å². The summed E-state index contributed by atoms with van der Waals surface area (Å²) in [5, 5.41) is 0. The van der Waals surface area contributed by atoms with Crippen molar-refractivity contribution in [2.75, 3.05) is 20.8 Å². The maximum absolute atomic E-state index is 11.8. The second-order valence-corrected chi connectivity index (χ2v) is 5.90. The van der Waals surface area contributed by atoms with Gasteiger partial charge in [0.25, 0.3) is 9.05 Å².